The summed E-state index contributed by atoms with van der Waals surface area (Å²) in [5.41, 5.74) is 2.65. The second kappa shape index (κ2) is 11.5. The van der Waals surface area contributed by atoms with Crippen LogP contribution in [0.25, 0.3) is 0 Å². The molecule has 176 valence electrons. The third-order valence-electron chi connectivity index (χ3n) is 7.40. The minimum Gasteiger partial charge on any atom is -0.349 e. The number of benzene rings is 2. The van der Waals surface area contributed by atoms with Gasteiger partial charge in [0.1, 0.15) is 0 Å². The zero-order chi connectivity index (χ0) is 23.2. The van der Waals surface area contributed by atoms with E-state index in [0.717, 1.165) is 57.8 Å². The molecule has 2 aromatic carbocycles. The minimum absolute atomic E-state index is 0.0583. The van der Waals surface area contributed by atoms with Crippen LogP contribution in [0, 0.1) is 22.3 Å². The highest BCUT2D eigenvalue weighted by Gasteiger charge is 2.28. The fraction of sp³-hybridized carbons (Fsp3) is 0.500. The van der Waals surface area contributed by atoms with Crippen molar-refractivity contribution >= 4 is 34.4 Å². The van der Waals surface area contributed by atoms with E-state index in [1.165, 1.54) is 32.1 Å². The molecular formula is C28H35IN2O2. The number of hydrogen-bond donors (Lipinski definition) is 2. The van der Waals surface area contributed by atoms with Crippen LogP contribution in [-0.2, 0) is 0 Å². The molecule has 33 heavy (non-hydrogen) atoms. The Morgan fingerprint density at radius 2 is 1.24 bits per heavy atom. The molecule has 0 atom stereocenters. The number of hydrogen-bond acceptors (Lipinski definition) is 2. The predicted molar refractivity (Wildman–Crippen MR) is 141 cm³/mol. The van der Waals surface area contributed by atoms with Gasteiger partial charge in [0.05, 0.1) is 0 Å². The van der Waals surface area contributed by atoms with E-state index in [2.05, 4.69) is 33.2 Å². The van der Waals surface area contributed by atoms with Crippen molar-refractivity contribution in [3.63, 3.8) is 0 Å². The third kappa shape index (κ3) is 7.05. The average molecular weight is 559 g/mol. The predicted octanol–water partition coefficient (Wildman–Crippen LogP) is 6.27. The van der Waals surface area contributed by atoms with Crippen LogP contribution in [0.3, 0.4) is 0 Å². The zero-order valence-corrected chi connectivity index (χ0v) is 21.6. The van der Waals surface area contributed by atoms with Gasteiger partial charge < -0.3 is 10.6 Å². The highest BCUT2D eigenvalue weighted by molar-refractivity contribution is 14.1. The number of aryl methyl sites for hydroxylation is 1. The summed E-state index contributed by atoms with van der Waals surface area (Å²) < 4.78 is 1.09. The molecule has 5 heteroatoms. The van der Waals surface area contributed by atoms with Crippen LogP contribution >= 0.6 is 22.6 Å². The first-order valence-electron chi connectivity index (χ1n) is 12.4. The molecule has 2 saturated carbocycles. The Balaban J connectivity index is 1.15. The van der Waals surface area contributed by atoms with Crippen molar-refractivity contribution in [1.29, 1.82) is 0 Å². The van der Waals surface area contributed by atoms with Crippen LogP contribution in [0.5, 0.6) is 0 Å². The number of carbonyl (C=O) groups excluding carboxylic acids is 2. The summed E-state index contributed by atoms with van der Waals surface area (Å²) in [6.07, 6.45) is 10.5. The maximum Gasteiger partial charge on any atom is 0.251 e. The molecule has 2 N–H and O–H groups in total. The highest BCUT2D eigenvalue weighted by Crippen LogP contribution is 2.35. The van der Waals surface area contributed by atoms with Crippen molar-refractivity contribution in [2.75, 3.05) is 0 Å². The summed E-state index contributed by atoms with van der Waals surface area (Å²) in [6, 6.07) is 16.2. The summed E-state index contributed by atoms with van der Waals surface area (Å²) in [6.45, 7) is 2.02. The maximum absolute atomic E-state index is 12.5. The molecule has 0 aliphatic heterocycles. The number of nitrogens with one attached hydrogen (secondary N) is 2. The van der Waals surface area contributed by atoms with E-state index < -0.39 is 0 Å². The Labute approximate surface area is 211 Å². The van der Waals surface area contributed by atoms with Gasteiger partial charge >= 0.3 is 0 Å². The second-order valence-corrected chi connectivity index (χ2v) is 11.2. The summed E-state index contributed by atoms with van der Waals surface area (Å²) in [5.74, 6) is 1.68. The first kappa shape index (κ1) is 24.2. The fourth-order valence-corrected chi connectivity index (χ4v) is 6.05. The number of amides is 2. The third-order valence-corrected chi connectivity index (χ3v) is 8.07. The summed E-state index contributed by atoms with van der Waals surface area (Å²) in [7, 11) is 0. The smallest absolute Gasteiger partial charge is 0.251 e. The van der Waals surface area contributed by atoms with Crippen LogP contribution in [0.2, 0.25) is 0 Å². The molecule has 0 unspecified atom stereocenters. The summed E-state index contributed by atoms with van der Waals surface area (Å²) >= 11 is 2.25. The van der Waals surface area contributed by atoms with E-state index >= 15 is 0 Å². The fourth-order valence-electron chi connectivity index (χ4n) is 5.51. The molecule has 0 heterocycles. The van der Waals surface area contributed by atoms with Crippen molar-refractivity contribution < 1.29 is 9.59 Å². The Morgan fingerprint density at radius 3 is 1.73 bits per heavy atom. The Hall–Kier alpha value is -1.89. The van der Waals surface area contributed by atoms with Gasteiger partial charge in [-0.05, 0) is 129 Å². The first-order chi connectivity index (χ1) is 16.0. The topological polar surface area (TPSA) is 58.2 Å². The number of rotatable bonds is 6. The number of halogens is 1. The van der Waals surface area contributed by atoms with Crippen molar-refractivity contribution in [2.45, 2.75) is 76.8 Å². The lowest BCUT2D eigenvalue weighted by atomic mass is 9.75. The van der Waals surface area contributed by atoms with E-state index in [9.17, 15) is 9.59 Å². The minimum atomic E-state index is 0.0583. The van der Waals surface area contributed by atoms with Gasteiger partial charge in [0, 0.05) is 26.8 Å². The second-order valence-electron chi connectivity index (χ2n) is 10.00. The molecule has 2 aromatic rings. The molecule has 0 spiro atoms. The standard InChI is InChI=1S/C28H35IN2O2/c1-19-4-2-5-22(16-19)27(32)30-25-12-8-20(9-13-25)17-21-10-14-26(15-11-21)31-28(33)23-6-3-7-24(29)18-23/h2-7,16,18,20-21,25-26H,8-15,17H2,1H3,(H,30,32)(H,31,33). The van der Waals surface area contributed by atoms with Gasteiger partial charge in [-0.25, -0.2) is 0 Å². The molecule has 2 fully saturated rings. The van der Waals surface area contributed by atoms with Crippen LogP contribution in [0.1, 0.15) is 84.1 Å². The monoisotopic (exact) mass is 558 g/mol. The van der Waals surface area contributed by atoms with Crippen molar-refractivity contribution in [3.05, 3.63) is 68.8 Å². The highest BCUT2D eigenvalue weighted by atomic mass is 127. The van der Waals surface area contributed by atoms with Gasteiger partial charge in [0.25, 0.3) is 11.8 Å². The largest absolute Gasteiger partial charge is 0.349 e. The van der Waals surface area contributed by atoms with Crippen molar-refractivity contribution in [2.24, 2.45) is 11.8 Å². The van der Waals surface area contributed by atoms with Crippen molar-refractivity contribution in [3.8, 4) is 0 Å². The Morgan fingerprint density at radius 1 is 0.758 bits per heavy atom. The lowest BCUT2D eigenvalue weighted by Gasteiger charge is -2.34. The normalized spacial score (nSPS) is 25.3. The molecule has 4 nitrogen and oxygen atoms in total. The van der Waals surface area contributed by atoms with Crippen LogP contribution in [0.4, 0.5) is 0 Å². The number of carbonyl (C=O) groups is 2. The van der Waals surface area contributed by atoms with Crippen LogP contribution in [0.15, 0.2) is 48.5 Å². The lowest BCUT2D eigenvalue weighted by molar-refractivity contribution is 0.0917. The summed E-state index contributed by atoms with van der Waals surface area (Å²) in [4.78, 5) is 25.1. The quantitative estimate of drug-likeness (QED) is 0.411. The molecule has 0 radical (unpaired) electrons. The van der Waals surface area contributed by atoms with E-state index in [-0.39, 0.29) is 11.8 Å². The molecule has 0 aromatic heterocycles. The average Bonchev–Trinajstić information content (AvgIpc) is 2.81. The molecule has 0 bridgehead atoms. The Kier molecular flexibility index (Phi) is 8.45. The molecule has 0 saturated heterocycles. The molecule has 2 aliphatic carbocycles. The van der Waals surface area contributed by atoms with Crippen LogP contribution in [-0.4, -0.2) is 23.9 Å². The van der Waals surface area contributed by atoms with Crippen molar-refractivity contribution in [1.82, 2.24) is 10.6 Å². The van der Waals surface area contributed by atoms with Gasteiger partial charge in [-0.15, -0.1) is 0 Å². The van der Waals surface area contributed by atoms with E-state index in [0.29, 0.717) is 12.1 Å². The van der Waals surface area contributed by atoms with Gasteiger partial charge in [-0.2, -0.15) is 0 Å². The van der Waals surface area contributed by atoms with E-state index in [1.54, 1.807) is 0 Å². The molecule has 2 amide bonds. The Bertz CT molecular complexity index is 882. The SMILES string of the molecule is Cc1cccc(C(=O)NC2CCC(CC3CCC(NC(=O)c4cccc(I)c4)CC3)CC2)c1. The first-order valence-corrected chi connectivity index (χ1v) is 13.5. The summed E-state index contributed by atoms with van der Waals surface area (Å²) in [5, 5.41) is 6.49. The molecule has 2 aliphatic rings. The van der Waals surface area contributed by atoms with Gasteiger partial charge in [0.15, 0.2) is 0 Å². The van der Waals surface area contributed by atoms with E-state index in [1.807, 2.05) is 55.5 Å². The molecule has 4 rings (SSSR count). The van der Waals surface area contributed by atoms with Gasteiger partial charge in [-0.1, -0.05) is 23.8 Å². The lowest BCUT2D eigenvalue weighted by Crippen LogP contribution is -2.39. The van der Waals surface area contributed by atoms with Gasteiger partial charge in [-0.3, -0.25) is 9.59 Å². The zero-order valence-electron chi connectivity index (χ0n) is 19.5. The maximum atomic E-state index is 12.5. The van der Waals surface area contributed by atoms with E-state index in [4.69, 9.17) is 0 Å². The van der Waals surface area contributed by atoms with Crippen LogP contribution < -0.4 is 10.6 Å². The molecular weight excluding hydrogens is 523 g/mol. The van der Waals surface area contributed by atoms with Gasteiger partial charge in [0.2, 0.25) is 0 Å².